The van der Waals surface area contributed by atoms with Crippen molar-refractivity contribution < 1.29 is 0 Å². The highest BCUT2D eigenvalue weighted by atomic mass is 14.8. The summed E-state index contributed by atoms with van der Waals surface area (Å²) in [6.45, 7) is 7.23. The first-order chi connectivity index (χ1) is 4.77. The van der Waals surface area contributed by atoms with Crippen molar-refractivity contribution in [3.05, 3.63) is 0 Å². The van der Waals surface area contributed by atoms with Crippen LogP contribution in [0.2, 0.25) is 0 Å². The maximum absolute atomic E-state index is 5.24. The number of hydrogen-bond donors (Lipinski definition) is 2. The van der Waals surface area contributed by atoms with Gasteiger partial charge in [0.05, 0.1) is 5.84 Å². The Hall–Kier alpha value is -0.570. The third-order valence-corrected chi connectivity index (χ3v) is 0.723. The van der Waals surface area contributed by atoms with E-state index in [0.717, 1.165) is 13.0 Å². The largest absolute Gasteiger partial charge is 0.388 e. The molecule has 10 heavy (non-hydrogen) atoms. The normalized spacial score (nSPS) is 10.2. The molecule has 0 saturated heterocycles. The Labute approximate surface area is 63.5 Å². The number of aliphatic imine (C=N–C) groups is 1. The van der Waals surface area contributed by atoms with Crippen LogP contribution in [-0.4, -0.2) is 18.9 Å². The summed E-state index contributed by atoms with van der Waals surface area (Å²) in [5.41, 5.74) is 10.4. The van der Waals surface area contributed by atoms with Crippen LogP contribution in [0.25, 0.3) is 0 Å². The zero-order chi connectivity index (χ0) is 8.41. The van der Waals surface area contributed by atoms with Crippen molar-refractivity contribution in [2.45, 2.75) is 27.2 Å². The van der Waals surface area contributed by atoms with Gasteiger partial charge in [-0.15, -0.1) is 0 Å². The van der Waals surface area contributed by atoms with Crippen molar-refractivity contribution >= 4 is 5.84 Å². The van der Waals surface area contributed by atoms with Crippen molar-refractivity contribution in [1.82, 2.24) is 0 Å². The van der Waals surface area contributed by atoms with Crippen molar-refractivity contribution in [2.24, 2.45) is 16.5 Å². The van der Waals surface area contributed by atoms with Crippen LogP contribution in [-0.2, 0) is 0 Å². The highest BCUT2D eigenvalue weighted by molar-refractivity contribution is 5.77. The number of amidine groups is 1. The fraction of sp³-hybridized carbons (Fsp3) is 0.857. The van der Waals surface area contributed by atoms with Crippen LogP contribution < -0.4 is 11.5 Å². The Morgan fingerprint density at radius 1 is 1.40 bits per heavy atom. The minimum atomic E-state index is 0.637. The number of nitrogens with zero attached hydrogens (tertiary/aromatic N) is 1. The van der Waals surface area contributed by atoms with E-state index >= 15 is 0 Å². The molecular formula is C7H19N3. The minimum absolute atomic E-state index is 0.637. The lowest BCUT2D eigenvalue weighted by Crippen LogP contribution is -2.07. The Balaban J connectivity index is 0. The van der Waals surface area contributed by atoms with E-state index in [0.29, 0.717) is 12.4 Å². The van der Waals surface area contributed by atoms with E-state index in [-0.39, 0.29) is 0 Å². The Morgan fingerprint density at radius 2 is 1.90 bits per heavy atom. The van der Waals surface area contributed by atoms with E-state index < -0.39 is 0 Å². The van der Waals surface area contributed by atoms with Crippen molar-refractivity contribution in [3.63, 3.8) is 0 Å². The van der Waals surface area contributed by atoms with Gasteiger partial charge >= 0.3 is 0 Å². The standard InChI is InChI=1S/C5H13N3.C2H6/c1-5(7)8-4-2-3-6;1-2/h2-4,6H2,1H3,(H2,7,8);1-2H3. The molecule has 0 heterocycles. The summed E-state index contributed by atoms with van der Waals surface area (Å²) in [6, 6.07) is 0. The molecule has 0 bridgehead atoms. The van der Waals surface area contributed by atoms with E-state index in [1.54, 1.807) is 6.92 Å². The summed E-state index contributed by atoms with van der Waals surface area (Å²) < 4.78 is 0. The van der Waals surface area contributed by atoms with Gasteiger partial charge in [0, 0.05) is 6.54 Å². The molecular weight excluding hydrogens is 126 g/mol. The Kier molecular flexibility index (Phi) is 13.7. The predicted molar refractivity (Wildman–Crippen MR) is 47.2 cm³/mol. The molecule has 0 aromatic heterocycles. The molecule has 0 unspecified atom stereocenters. The van der Waals surface area contributed by atoms with Crippen molar-refractivity contribution in [3.8, 4) is 0 Å². The highest BCUT2D eigenvalue weighted by Crippen LogP contribution is 1.75. The first-order valence-corrected chi connectivity index (χ1v) is 3.74. The summed E-state index contributed by atoms with van der Waals surface area (Å²) in [7, 11) is 0. The van der Waals surface area contributed by atoms with Crippen molar-refractivity contribution in [1.29, 1.82) is 0 Å². The van der Waals surface area contributed by atoms with Gasteiger partial charge in [-0.25, -0.2) is 0 Å². The first-order valence-electron chi connectivity index (χ1n) is 3.74. The SMILES string of the molecule is CC.CC(N)=NCCCN. The van der Waals surface area contributed by atoms with Crippen LogP contribution in [0, 0.1) is 0 Å². The molecule has 0 radical (unpaired) electrons. The van der Waals surface area contributed by atoms with Gasteiger partial charge in [-0.1, -0.05) is 13.8 Å². The van der Waals surface area contributed by atoms with Crippen molar-refractivity contribution in [2.75, 3.05) is 13.1 Å². The Morgan fingerprint density at radius 3 is 2.20 bits per heavy atom. The molecule has 0 fully saturated rings. The summed E-state index contributed by atoms with van der Waals surface area (Å²) in [6.07, 6.45) is 0.925. The molecule has 62 valence electrons. The summed E-state index contributed by atoms with van der Waals surface area (Å²) >= 11 is 0. The first kappa shape index (κ1) is 12.1. The van der Waals surface area contributed by atoms with Crippen LogP contribution in [0.4, 0.5) is 0 Å². The van der Waals surface area contributed by atoms with Gasteiger partial charge in [0.1, 0.15) is 0 Å². The highest BCUT2D eigenvalue weighted by Gasteiger charge is 1.78. The van der Waals surface area contributed by atoms with E-state index in [4.69, 9.17) is 11.5 Å². The average molecular weight is 145 g/mol. The third-order valence-electron chi connectivity index (χ3n) is 0.723. The molecule has 0 spiro atoms. The molecule has 0 aliphatic heterocycles. The van der Waals surface area contributed by atoms with Crippen LogP contribution >= 0.6 is 0 Å². The van der Waals surface area contributed by atoms with E-state index in [2.05, 4.69) is 4.99 Å². The van der Waals surface area contributed by atoms with E-state index in [1.165, 1.54) is 0 Å². The summed E-state index contributed by atoms with van der Waals surface area (Å²) in [5.74, 6) is 0.637. The topological polar surface area (TPSA) is 64.4 Å². The lowest BCUT2D eigenvalue weighted by atomic mass is 10.4. The van der Waals surface area contributed by atoms with E-state index in [9.17, 15) is 0 Å². The van der Waals surface area contributed by atoms with Gasteiger partial charge in [-0.05, 0) is 19.9 Å². The van der Waals surface area contributed by atoms with E-state index in [1.807, 2.05) is 13.8 Å². The molecule has 0 amide bonds. The quantitative estimate of drug-likeness (QED) is 0.349. The second-order valence-corrected chi connectivity index (χ2v) is 1.67. The van der Waals surface area contributed by atoms with Gasteiger partial charge in [0.25, 0.3) is 0 Å². The van der Waals surface area contributed by atoms with Crippen LogP contribution in [0.15, 0.2) is 4.99 Å². The zero-order valence-corrected chi connectivity index (χ0v) is 7.22. The molecule has 4 N–H and O–H groups in total. The molecule has 3 nitrogen and oxygen atoms in total. The molecule has 0 aliphatic rings. The second-order valence-electron chi connectivity index (χ2n) is 1.67. The maximum atomic E-state index is 5.24. The second kappa shape index (κ2) is 11.3. The van der Waals surface area contributed by atoms with Gasteiger partial charge in [0.2, 0.25) is 0 Å². The molecule has 0 rings (SSSR count). The molecule has 0 saturated carbocycles. The Bertz CT molecular complexity index is 74.9. The fourth-order valence-electron chi connectivity index (χ4n) is 0.347. The van der Waals surface area contributed by atoms with Crippen LogP contribution in [0.1, 0.15) is 27.2 Å². The monoisotopic (exact) mass is 145 g/mol. The van der Waals surface area contributed by atoms with Gasteiger partial charge < -0.3 is 11.5 Å². The molecule has 0 aromatic carbocycles. The third kappa shape index (κ3) is 15.7. The number of rotatable bonds is 3. The van der Waals surface area contributed by atoms with Gasteiger partial charge in [-0.3, -0.25) is 4.99 Å². The van der Waals surface area contributed by atoms with Crippen LogP contribution in [0.3, 0.4) is 0 Å². The lowest BCUT2D eigenvalue weighted by Gasteiger charge is -1.89. The maximum Gasteiger partial charge on any atom is 0.0905 e. The van der Waals surface area contributed by atoms with Gasteiger partial charge in [0.15, 0.2) is 0 Å². The smallest absolute Gasteiger partial charge is 0.0905 e. The molecule has 3 heteroatoms. The minimum Gasteiger partial charge on any atom is -0.388 e. The predicted octanol–water partition coefficient (Wildman–Crippen LogP) is 0.739. The average Bonchev–Trinajstić information content (AvgIpc) is 1.92. The summed E-state index contributed by atoms with van der Waals surface area (Å²) in [5, 5.41) is 0. The molecule has 0 atom stereocenters. The fourth-order valence-corrected chi connectivity index (χ4v) is 0.347. The lowest BCUT2D eigenvalue weighted by molar-refractivity contribution is 0.843. The zero-order valence-electron chi connectivity index (χ0n) is 7.22. The van der Waals surface area contributed by atoms with Gasteiger partial charge in [-0.2, -0.15) is 0 Å². The number of nitrogens with two attached hydrogens (primary N) is 2. The molecule has 0 aromatic rings. The summed E-state index contributed by atoms with van der Waals surface area (Å²) in [4.78, 5) is 3.93. The number of hydrogen-bond acceptors (Lipinski definition) is 2. The molecule has 0 aliphatic carbocycles. The van der Waals surface area contributed by atoms with Crippen LogP contribution in [0.5, 0.6) is 0 Å².